The molecule has 2 aromatic heterocycles. The van der Waals surface area contributed by atoms with Crippen molar-refractivity contribution in [2.75, 3.05) is 9.80 Å². The molecular weight excluding hydrogens is 805 g/mol. The van der Waals surface area contributed by atoms with E-state index >= 15 is 0 Å². The smallest absolute Gasteiger partial charge is 0.178 e. The maximum atomic E-state index is 6.85. The fourth-order valence-corrected chi connectivity index (χ4v) is 10.3. The second-order valence-corrected chi connectivity index (χ2v) is 19.3. The van der Waals surface area contributed by atoms with Gasteiger partial charge in [-0.1, -0.05) is 12.1 Å². The highest BCUT2D eigenvalue weighted by molar-refractivity contribution is 6.21. The van der Waals surface area contributed by atoms with Crippen LogP contribution in [0.15, 0.2) is 130 Å². The summed E-state index contributed by atoms with van der Waals surface area (Å²) in [6.45, 7) is 26.5. The van der Waals surface area contributed by atoms with Gasteiger partial charge in [0.25, 0.3) is 0 Å². The Bertz CT molecular complexity index is 3400. The zero-order valence-corrected chi connectivity index (χ0v) is 40.3. The summed E-state index contributed by atoms with van der Waals surface area (Å²) in [5.74, 6) is 0. The average molecular weight is 861 g/mol. The summed E-state index contributed by atoms with van der Waals surface area (Å²) in [7, 11) is 0. The topological polar surface area (TPSA) is 32.8 Å². The van der Waals surface area contributed by atoms with Gasteiger partial charge < -0.3 is 18.6 Å². The largest absolute Gasteiger partial charge is 0.452 e. The third-order valence-corrected chi connectivity index (χ3v) is 15.2. The maximum absolute atomic E-state index is 6.85. The van der Waals surface area contributed by atoms with E-state index in [0.29, 0.717) is 0 Å². The monoisotopic (exact) mass is 860 g/mol. The van der Waals surface area contributed by atoms with E-state index in [1.165, 1.54) is 66.8 Å². The van der Waals surface area contributed by atoms with Gasteiger partial charge in [0.15, 0.2) is 11.2 Å². The van der Waals surface area contributed by atoms with Crippen LogP contribution in [-0.2, 0) is 0 Å². The van der Waals surface area contributed by atoms with E-state index in [4.69, 9.17) is 8.83 Å². The SMILES string of the molecule is Cc1cc(N(c2cc(C)c(C)c(C)c2)c2ccc3cc4c(cc3c2)oc2c4ccc3c4cc5ccc(N(c6cc(C)c(C)c(C)c6)c6cc(C)c(C)c(C)c6)cc5cc4oc32)cc(C)c1C. The standard InChI is InChI=1S/C62H56N2O2/c1-33-19-51(20-34(2)41(33)9)63(52-21-35(3)42(10)36(4)22-52)49-15-13-45-29-57-55-17-18-56-58-30-46-14-16-50(28-48(46)32-60(58)66-62(56)61(55)65-59(57)31-47(45)27-49)64(53-23-37(5)43(11)38(6)24-53)54-25-39(7)44(12)40(8)26-54/h13-32H,1-12H3. The summed E-state index contributed by atoms with van der Waals surface area (Å²) in [4.78, 5) is 4.80. The molecule has 4 heteroatoms. The normalized spacial score (nSPS) is 11.9. The van der Waals surface area contributed by atoms with Gasteiger partial charge in [0.2, 0.25) is 0 Å². The van der Waals surface area contributed by atoms with Crippen molar-refractivity contribution in [3.63, 3.8) is 0 Å². The van der Waals surface area contributed by atoms with Crippen molar-refractivity contribution in [3.8, 4) is 0 Å². The van der Waals surface area contributed by atoms with Crippen molar-refractivity contribution >= 4 is 99.5 Å². The minimum absolute atomic E-state index is 0.776. The van der Waals surface area contributed by atoms with E-state index in [2.05, 4.69) is 214 Å². The second-order valence-electron chi connectivity index (χ2n) is 19.3. The van der Waals surface area contributed by atoms with Crippen LogP contribution in [0.25, 0.3) is 65.4 Å². The van der Waals surface area contributed by atoms with Crippen LogP contribution in [0, 0.1) is 83.1 Å². The molecular formula is C62H56N2O2. The van der Waals surface area contributed by atoms with Crippen molar-refractivity contribution in [3.05, 3.63) is 188 Å². The van der Waals surface area contributed by atoms with Gasteiger partial charge in [0.05, 0.1) is 0 Å². The van der Waals surface area contributed by atoms with Crippen LogP contribution in [-0.4, -0.2) is 0 Å². The summed E-state index contributed by atoms with van der Waals surface area (Å²) in [6.07, 6.45) is 0. The summed E-state index contributed by atoms with van der Waals surface area (Å²) in [5.41, 5.74) is 25.7. The molecule has 4 nitrogen and oxygen atoms in total. The molecule has 0 fully saturated rings. The van der Waals surface area contributed by atoms with Crippen molar-refractivity contribution < 1.29 is 8.83 Å². The highest BCUT2D eigenvalue weighted by Gasteiger charge is 2.22. The Kier molecular flexibility index (Phi) is 9.50. The van der Waals surface area contributed by atoms with Crippen LogP contribution >= 0.6 is 0 Å². The predicted molar refractivity (Wildman–Crippen MR) is 282 cm³/mol. The number of fused-ring (bicyclic) bond motifs is 9. The average Bonchev–Trinajstić information content (AvgIpc) is 3.84. The van der Waals surface area contributed by atoms with E-state index < -0.39 is 0 Å². The van der Waals surface area contributed by atoms with Crippen molar-refractivity contribution in [1.82, 2.24) is 0 Å². The Hall–Kier alpha value is -7.30. The summed E-state index contributed by atoms with van der Waals surface area (Å²) in [5, 5.41) is 8.82. The highest BCUT2D eigenvalue weighted by atomic mass is 16.4. The van der Waals surface area contributed by atoms with Gasteiger partial charge >= 0.3 is 0 Å². The van der Waals surface area contributed by atoms with Gasteiger partial charge in [0, 0.05) is 55.7 Å². The molecule has 326 valence electrons. The van der Waals surface area contributed by atoms with Gasteiger partial charge in [-0.2, -0.15) is 0 Å². The molecule has 0 spiro atoms. The van der Waals surface area contributed by atoms with Crippen molar-refractivity contribution in [1.29, 1.82) is 0 Å². The molecule has 0 N–H and O–H groups in total. The lowest BCUT2D eigenvalue weighted by atomic mass is 9.99. The van der Waals surface area contributed by atoms with Crippen molar-refractivity contribution in [2.45, 2.75) is 83.1 Å². The Morgan fingerprint density at radius 2 is 0.545 bits per heavy atom. The molecule has 66 heavy (non-hydrogen) atoms. The first kappa shape index (κ1) is 41.4. The number of aryl methyl sites for hydroxylation is 8. The van der Waals surface area contributed by atoms with Gasteiger partial charge in [-0.25, -0.2) is 0 Å². The number of hydrogen-bond donors (Lipinski definition) is 0. The molecule has 9 aromatic carbocycles. The van der Waals surface area contributed by atoms with Crippen LogP contribution < -0.4 is 9.80 Å². The summed E-state index contributed by atoms with van der Waals surface area (Å²) < 4.78 is 13.7. The van der Waals surface area contributed by atoms with E-state index in [9.17, 15) is 0 Å². The zero-order chi connectivity index (χ0) is 46.0. The van der Waals surface area contributed by atoms with Crippen LogP contribution in [0.4, 0.5) is 34.1 Å². The van der Waals surface area contributed by atoms with E-state index in [1.54, 1.807) is 0 Å². The molecule has 0 saturated carbocycles. The maximum Gasteiger partial charge on any atom is 0.178 e. The minimum Gasteiger partial charge on any atom is -0.452 e. The molecule has 11 rings (SSSR count). The fraction of sp³-hybridized carbons (Fsp3) is 0.194. The number of benzene rings is 9. The fourth-order valence-electron chi connectivity index (χ4n) is 10.3. The Morgan fingerprint density at radius 3 is 0.833 bits per heavy atom. The van der Waals surface area contributed by atoms with E-state index in [-0.39, 0.29) is 0 Å². The van der Waals surface area contributed by atoms with Gasteiger partial charge in [-0.3, -0.25) is 0 Å². The third-order valence-electron chi connectivity index (χ3n) is 15.2. The van der Waals surface area contributed by atoms with E-state index in [1.807, 2.05) is 0 Å². The first-order valence-electron chi connectivity index (χ1n) is 23.2. The van der Waals surface area contributed by atoms with Gasteiger partial charge in [0.1, 0.15) is 11.2 Å². The van der Waals surface area contributed by atoms with Crippen molar-refractivity contribution in [2.24, 2.45) is 0 Å². The van der Waals surface area contributed by atoms with Crippen LogP contribution in [0.1, 0.15) is 66.8 Å². The Balaban J connectivity index is 1.04. The van der Waals surface area contributed by atoms with Crippen LogP contribution in [0.3, 0.4) is 0 Å². The molecule has 0 radical (unpaired) electrons. The quantitative estimate of drug-likeness (QED) is 0.167. The molecule has 0 amide bonds. The summed E-state index contributed by atoms with van der Waals surface area (Å²) in [6, 6.07) is 45.5. The molecule has 0 aliphatic carbocycles. The van der Waals surface area contributed by atoms with Gasteiger partial charge in [-0.05, 0) is 281 Å². The van der Waals surface area contributed by atoms with Crippen LogP contribution in [0.5, 0.6) is 0 Å². The zero-order valence-electron chi connectivity index (χ0n) is 40.3. The lowest BCUT2D eigenvalue weighted by molar-refractivity contribution is 0.634. The Morgan fingerprint density at radius 1 is 0.258 bits per heavy atom. The molecule has 0 bridgehead atoms. The second kappa shape index (κ2) is 15.1. The number of furan rings is 2. The number of anilines is 6. The van der Waals surface area contributed by atoms with Crippen LogP contribution in [0.2, 0.25) is 0 Å². The molecule has 0 aliphatic heterocycles. The number of hydrogen-bond acceptors (Lipinski definition) is 4. The third kappa shape index (κ3) is 6.56. The minimum atomic E-state index is 0.776. The lowest BCUT2D eigenvalue weighted by Gasteiger charge is -2.28. The van der Waals surface area contributed by atoms with E-state index in [0.717, 1.165) is 99.5 Å². The summed E-state index contributed by atoms with van der Waals surface area (Å²) >= 11 is 0. The first-order valence-corrected chi connectivity index (χ1v) is 23.2. The van der Waals surface area contributed by atoms with Gasteiger partial charge in [-0.15, -0.1) is 0 Å². The predicted octanol–water partition coefficient (Wildman–Crippen LogP) is 18.4. The highest BCUT2D eigenvalue weighted by Crippen LogP contribution is 2.45. The molecule has 2 heterocycles. The Labute approximate surface area is 387 Å². The first-order chi connectivity index (χ1) is 31.6. The molecule has 0 aliphatic rings. The number of rotatable bonds is 6. The number of nitrogens with zero attached hydrogens (tertiary/aromatic N) is 2. The molecule has 0 saturated heterocycles. The molecule has 0 atom stereocenters. The molecule has 0 unspecified atom stereocenters. The lowest BCUT2D eigenvalue weighted by Crippen LogP contribution is -2.12. The molecule has 11 aromatic rings.